The van der Waals surface area contributed by atoms with Crippen molar-refractivity contribution in [1.29, 1.82) is 0 Å². The maximum Gasteiger partial charge on any atom is 0.412 e. The largest absolute Gasteiger partial charge is 0.444 e. The van der Waals surface area contributed by atoms with Crippen molar-refractivity contribution in [3.63, 3.8) is 0 Å². The highest BCUT2D eigenvalue weighted by Crippen LogP contribution is 2.20. The highest BCUT2D eigenvalue weighted by Gasteiger charge is 2.23. The fourth-order valence-corrected chi connectivity index (χ4v) is 4.07. The zero-order chi connectivity index (χ0) is 22.6. The molecule has 0 radical (unpaired) electrons. The number of rotatable bonds is 5. The van der Waals surface area contributed by atoms with Gasteiger partial charge in [-0.05, 0) is 58.9 Å². The fraction of sp³-hybridized carbons (Fsp3) is 0.500. The molecule has 1 aliphatic rings. The maximum absolute atomic E-state index is 12.5. The number of amides is 2. The average Bonchev–Trinajstić information content (AvgIpc) is 3.06. The monoisotopic (exact) mass is 446 g/mol. The Hall–Kier alpha value is -2.49. The van der Waals surface area contributed by atoms with Gasteiger partial charge in [0.2, 0.25) is 0 Å². The lowest BCUT2D eigenvalue weighted by molar-refractivity contribution is -0.0707. The molecule has 2 atom stereocenters. The maximum atomic E-state index is 12.5. The van der Waals surface area contributed by atoms with Crippen LogP contribution in [-0.4, -0.2) is 52.8 Å². The van der Waals surface area contributed by atoms with Gasteiger partial charge in [-0.1, -0.05) is 0 Å². The van der Waals surface area contributed by atoms with Crippen molar-refractivity contribution in [1.82, 2.24) is 9.88 Å². The molecule has 2 heterocycles. The number of hydrogen-bond acceptors (Lipinski definition) is 7. The number of aromatic nitrogens is 1. The normalized spacial score (nSPS) is 19.6. The van der Waals surface area contributed by atoms with E-state index in [-0.39, 0.29) is 18.1 Å². The Morgan fingerprint density at radius 1 is 1.16 bits per heavy atom. The third-order valence-electron chi connectivity index (χ3n) is 4.45. The number of carbonyl (C=O) groups is 2. The predicted molar refractivity (Wildman–Crippen MR) is 122 cm³/mol. The highest BCUT2D eigenvalue weighted by atomic mass is 32.1. The van der Waals surface area contributed by atoms with Gasteiger partial charge in [-0.3, -0.25) is 20.3 Å². The van der Waals surface area contributed by atoms with Gasteiger partial charge in [-0.15, -0.1) is 11.3 Å². The summed E-state index contributed by atoms with van der Waals surface area (Å²) in [4.78, 5) is 31.2. The first-order valence-corrected chi connectivity index (χ1v) is 11.2. The van der Waals surface area contributed by atoms with Gasteiger partial charge in [-0.2, -0.15) is 0 Å². The molecule has 2 amide bonds. The van der Waals surface area contributed by atoms with Crippen molar-refractivity contribution < 1.29 is 19.1 Å². The molecular formula is C22H30N4O4S. The Labute approximate surface area is 186 Å². The molecule has 31 heavy (non-hydrogen) atoms. The van der Waals surface area contributed by atoms with Gasteiger partial charge in [0.15, 0.2) is 5.13 Å². The van der Waals surface area contributed by atoms with E-state index in [1.807, 2.05) is 5.38 Å². The van der Waals surface area contributed by atoms with Crippen molar-refractivity contribution in [2.24, 2.45) is 0 Å². The quantitative estimate of drug-likeness (QED) is 0.709. The Morgan fingerprint density at radius 3 is 2.42 bits per heavy atom. The number of ether oxygens (including phenoxy) is 2. The SMILES string of the molecule is C[C@H]1CN(Cc2csc(NC(=O)c3ccc(NC(=O)OC(C)(C)C)cc3)n2)C[C@H](C)O1. The molecule has 8 nitrogen and oxygen atoms in total. The van der Waals surface area contributed by atoms with Crippen LogP contribution in [-0.2, 0) is 16.0 Å². The summed E-state index contributed by atoms with van der Waals surface area (Å²) in [7, 11) is 0. The molecule has 9 heteroatoms. The number of anilines is 2. The smallest absolute Gasteiger partial charge is 0.412 e. The Balaban J connectivity index is 1.53. The van der Waals surface area contributed by atoms with E-state index in [0.29, 0.717) is 16.4 Å². The first-order valence-electron chi connectivity index (χ1n) is 10.3. The number of benzene rings is 1. The fourth-order valence-electron chi connectivity index (χ4n) is 3.38. The number of thiazole rings is 1. The van der Waals surface area contributed by atoms with Crippen molar-refractivity contribution in [3.05, 3.63) is 40.9 Å². The van der Waals surface area contributed by atoms with Crippen LogP contribution < -0.4 is 10.6 Å². The summed E-state index contributed by atoms with van der Waals surface area (Å²) in [6, 6.07) is 6.61. The molecule has 1 aromatic heterocycles. The third kappa shape index (κ3) is 7.30. The van der Waals surface area contributed by atoms with Crippen LogP contribution >= 0.6 is 11.3 Å². The van der Waals surface area contributed by atoms with Gasteiger partial charge in [-0.25, -0.2) is 9.78 Å². The minimum Gasteiger partial charge on any atom is -0.444 e. The molecule has 0 aliphatic carbocycles. The second kappa shape index (κ2) is 9.76. The van der Waals surface area contributed by atoms with E-state index in [1.165, 1.54) is 11.3 Å². The van der Waals surface area contributed by atoms with Gasteiger partial charge >= 0.3 is 6.09 Å². The van der Waals surface area contributed by atoms with Crippen molar-refractivity contribution in [3.8, 4) is 0 Å². The summed E-state index contributed by atoms with van der Waals surface area (Å²) in [5, 5.41) is 8.01. The molecular weight excluding hydrogens is 416 g/mol. The standard InChI is InChI=1S/C22H30N4O4S/c1-14-10-26(11-15(2)29-14)12-18-13-31-20(23-18)25-19(27)16-6-8-17(9-7-16)24-21(28)30-22(3,4)5/h6-9,13-15H,10-12H2,1-5H3,(H,24,28)(H,23,25,27)/t14-,15-/m0/s1. The van der Waals surface area contributed by atoms with Gasteiger partial charge in [0, 0.05) is 36.3 Å². The third-order valence-corrected chi connectivity index (χ3v) is 5.25. The molecule has 1 fully saturated rings. The second-order valence-corrected chi connectivity index (χ2v) is 9.61. The molecule has 0 unspecified atom stereocenters. The molecule has 1 aliphatic heterocycles. The zero-order valence-electron chi connectivity index (χ0n) is 18.6. The molecule has 3 rings (SSSR count). The second-order valence-electron chi connectivity index (χ2n) is 8.75. The summed E-state index contributed by atoms with van der Waals surface area (Å²) >= 11 is 1.41. The number of carbonyl (C=O) groups excluding carboxylic acids is 2. The molecule has 168 valence electrons. The molecule has 0 bridgehead atoms. The lowest BCUT2D eigenvalue weighted by Gasteiger charge is -2.34. The average molecular weight is 447 g/mol. The highest BCUT2D eigenvalue weighted by molar-refractivity contribution is 7.14. The number of hydrogen-bond donors (Lipinski definition) is 2. The summed E-state index contributed by atoms with van der Waals surface area (Å²) < 4.78 is 11.0. The van der Waals surface area contributed by atoms with Crippen LogP contribution in [0.4, 0.5) is 15.6 Å². The summed E-state index contributed by atoms with van der Waals surface area (Å²) in [6.07, 6.45) is -0.132. The predicted octanol–water partition coefficient (Wildman–Crippen LogP) is 4.35. The number of nitrogens with zero attached hydrogens (tertiary/aromatic N) is 2. The van der Waals surface area contributed by atoms with Crippen LogP contribution in [0.3, 0.4) is 0 Å². The van der Waals surface area contributed by atoms with Crippen LogP contribution in [0.15, 0.2) is 29.6 Å². The topological polar surface area (TPSA) is 92.8 Å². The molecule has 2 aromatic rings. The molecule has 1 saturated heterocycles. The number of morpholine rings is 1. The van der Waals surface area contributed by atoms with E-state index in [1.54, 1.807) is 45.0 Å². The van der Waals surface area contributed by atoms with E-state index in [4.69, 9.17) is 9.47 Å². The first-order chi connectivity index (χ1) is 14.6. The molecule has 1 aromatic carbocycles. The molecule has 2 N–H and O–H groups in total. The van der Waals surface area contributed by atoms with Gasteiger partial charge in [0.25, 0.3) is 5.91 Å². The Bertz CT molecular complexity index is 897. The minimum absolute atomic E-state index is 0.203. The molecule has 0 saturated carbocycles. The minimum atomic E-state index is -0.575. The van der Waals surface area contributed by atoms with Gasteiger partial charge < -0.3 is 9.47 Å². The van der Waals surface area contributed by atoms with E-state index in [0.717, 1.165) is 25.3 Å². The lowest BCUT2D eigenvalue weighted by Crippen LogP contribution is -2.44. The van der Waals surface area contributed by atoms with Crippen LogP contribution in [0.1, 0.15) is 50.7 Å². The van der Waals surface area contributed by atoms with Crippen LogP contribution in [0, 0.1) is 0 Å². The summed E-state index contributed by atoms with van der Waals surface area (Å²) in [5.74, 6) is -0.252. The summed E-state index contributed by atoms with van der Waals surface area (Å²) in [5.41, 5.74) is 1.38. The summed E-state index contributed by atoms with van der Waals surface area (Å²) in [6.45, 7) is 12.0. The van der Waals surface area contributed by atoms with Crippen LogP contribution in [0.2, 0.25) is 0 Å². The van der Waals surface area contributed by atoms with Gasteiger partial charge in [0.05, 0.1) is 17.9 Å². The van der Waals surface area contributed by atoms with E-state index < -0.39 is 11.7 Å². The zero-order valence-corrected chi connectivity index (χ0v) is 19.4. The first kappa shape index (κ1) is 23.2. The lowest BCUT2D eigenvalue weighted by atomic mass is 10.2. The number of nitrogens with one attached hydrogen (secondary N) is 2. The van der Waals surface area contributed by atoms with Crippen molar-refractivity contribution in [2.45, 2.75) is 59.0 Å². The van der Waals surface area contributed by atoms with E-state index in [9.17, 15) is 9.59 Å². The van der Waals surface area contributed by atoms with E-state index in [2.05, 4.69) is 34.4 Å². The Kier molecular flexibility index (Phi) is 7.30. The molecule has 0 spiro atoms. The van der Waals surface area contributed by atoms with Crippen molar-refractivity contribution >= 4 is 34.2 Å². The van der Waals surface area contributed by atoms with Crippen molar-refractivity contribution in [2.75, 3.05) is 23.7 Å². The van der Waals surface area contributed by atoms with Crippen LogP contribution in [0.25, 0.3) is 0 Å². The van der Waals surface area contributed by atoms with Crippen LogP contribution in [0.5, 0.6) is 0 Å². The Morgan fingerprint density at radius 2 is 1.81 bits per heavy atom. The van der Waals surface area contributed by atoms with Gasteiger partial charge in [0.1, 0.15) is 5.60 Å². The van der Waals surface area contributed by atoms with E-state index >= 15 is 0 Å².